The molecule has 2 rings (SSSR count). The molecule has 1 aromatic heterocycles. The summed E-state index contributed by atoms with van der Waals surface area (Å²) in [5, 5.41) is 0. The van der Waals surface area contributed by atoms with Crippen LogP contribution >= 0.6 is 0 Å². The van der Waals surface area contributed by atoms with Gasteiger partial charge in [-0.15, -0.1) is 0 Å². The van der Waals surface area contributed by atoms with Crippen LogP contribution in [0.15, 0.2) is 30.6 Å². The van der Waals surface area contributed by atoms with Crippen molar-refractivity contribution in [2.75, 3.05) is 12.0 Å². The van der Waals surface area contributed by atoms with E-state index in [0.717, 1.165) is 18.8 Å². The van der Waals surface area contributed by atoms with Crippen LogP contribution in [0.25, 0.3) is 11.4 Å². The van der Waals surface area contributed by atoms with Crippen LogP contribution in [0.4, 0.5) is 0 Å². The van der Waals surface area contributed by atoms with E-state index >= 15 is 0 Å². The molecule has 19 heavy (non-hydrogen) atoms. The fourth-order valence-electron chi connectivity index (χ4n) is 2.17. The molecule has 0 spiro atoms. The molecule has 0 bridgehead atoms. The molecule has 0 aliphatic rings. The molecule has 0 atom stereocenters. The summed E-state index contributed by atoms with van der Waals surface area (Å²) in [4.78, 5) is 4.48. The fraction of sp³-hybridized carbons (Fsp3) is 0.438. The highest BCUT2D eigenvalue weighted by Crippen LogP contribution is 2.22. The Labute approximate surface area is 115 Å². The zero-order chi connectivity index (χ0) is 13.8. The Balaban J connectivity index is 2.19. The Morgan fingerprint density at radius 3 is 2.74 bits per heavy atom. The second-order valence-electron chi connectivity index (χ2n) is 5.53. The van der Waals surface area contributed by atoms with Crippen molar-refractivity contribution in [1.29, 1.82) is 0 Å². The predicted molar refractivity (Wildman–Crippen MR) is 80.8 cm³/mol. The highest BCUT2D eigenvalue weighted by Gasteiger charge is 2.08. The molecule has 0 saturated carbocycles. The molecule has 1 aromatic carbocycles. The molecular weight excluding hydrogens is 234 g/mol. The summed E-state index contributed by atoms with van der Waals surface area (Å²) in [6.45, 7) is 9.69. The van der Waals surface area contributed by atoms with Gasteiger partial charge in [-0.25, -0.2) is 9.66 Å². The molecule has 0 aliphatic carbocycles. The molecule has 3 nitrogen and oxygen atoms in total. The first-order chi connectivity index (χ1) is 9.08. The van der Waals surface area contributed by atoms with Gasteiger partial charge in [0.2, 0.25) is 0 Å². The van der Waals surface area contributed by atoms with Crippen LogP contribution in [0.2, 0.25) is 0 Å². The maximum absolute atomic E-state index is 4.48. The number of aromatic nitrogens is 2. The highest BCUT2D eigenvalue weighted by atomic mass is 15.4. The van der Waals surface area contributed by atoms with E-state index < -0.39 is 0 Å². The monoisotopic (exact) mass is 257 g/mol. The number of nitrogens with zero attached hydrogens (tertiary/aromatic N) is 2. The lowest BCUT2D eigenvalue weighted by Gasteiger charge is -2.13. The third-order valence-corrected chi connectivity index (χ3v) is 3.27. The molecule has 0 fully saturated rings. The third kappa shape index (κ3) is 3.37. The van der Waals surface area contributed by atoms with Crippen LogP contribution < -0.4 is 5.43 Å². The Kier molecular flexibility index (Phi) is 4.25. The van der Waals surface area contributed by atoms with E-state index in [-0.39, 0.29) is 0 Å². The van der Waals surface area contributed by atoms with Gasteiger partial charge in [0.05, 0.1) is 0 Å². The topological polar surface area (TPSA) is 29.9 Å². The molecule has 102 valence electrons. The lowest BCUT2D eigenvalue weighted by Crippen LogP contribution is -2.17. The maximum atomic E-state index is 4.48. The second-order valence-corrected chi connectivity index (χ2v) is 5.53. The van der Waals surface area contributed by atoms with Crippen LogP contribution in [0.5, 0.6) is 0 Å². The number of aryl methyl sites for hydroxylation is 2. The summed E-state index contributed by atoms with van der Waals surface area (Å²) in [6, 6.07) is 6.48. The van der Waals surface area contributed by atoms with E-state index in [9.17, 15) is 0 Å². The van der Waals surface area contributed by atoms with Crippen LogP contribution in [0.1, 0.15) is 31.4 Å². The lowest BCUT2D eigenvalue weighted by molar-refractivity contribution is 0.589. The van der Waals surface area contributed by atoms with Crippen molar-refractivity contribution in [2.45, 2.75) is 34.1 Å². The quantitative estimate of drug-likeness (QED) is 0.884. The molecule has 1 N–H and O–H groups in total. The first kappa shape index (κ1) is 13.7. The van der Waals surface area contributed by atoms with Gasteiger partial charge in [0.15, 0.2) is 5.82 Å². The number of hydrogen-bond donors (Lipinski definition) is 1. The Morgan fingerprint density at radius 2 is 2.05 bits per heavy atom. The number of imidazole rings is 1. The predicted octanol–water partition coefficient (Wildman–Crippen LogP) is 3.76. The summed E-state index contributed by atoms with van der Waals surface area (Å²) >= 11 is 0. The third-order valence-electron chi connectivity index (χ3n) is 3.27. The van der Waals surface area contributed by atoms with E-state index in [1.54, 1.807) is 0 Å². The largest absolute Gasteiger partial charge is 0.324 e. The van der Waals surface area contributed by atoms with Crippen LogP contribution in [0, 0.1) is 19.8 Å². The number of hydrogen-bond acceptors (Lipinski definition) is 2. The van der Waals surface area contributed by atoms with Crippen LogP contribution in [0.3, 0.4) is 0 Å². The SMILES string of the molecule is Cc1ccc(-c2nccn2NCCC(C)C)c(C)c1. The zero-order valence-corrected chi connectivity index (χ0v) is 12.3. The average molecular weight is 257 g/mol. The summed E-state index contributed by atoms with van der Waals surface area (Å²) < 4.78 is 2.03. The molecule has 2 aromatic rings. The van der Waals surface area contributed by atoms with E-state index in [1.807, 2.05) is 17.1 Å². The van der Waals surface area contributed by atoms with Gasteiger partial charge in [-0.05, 0) is 31.7 Å². The summed E-state index contributed by atoms with van der Waals surface area (Å²) in [7, 11) is 0. The highest BCUT2D eigenvalue weighted by molar-refractivity contribution is 5.61. The van der Waals surface area contributed by atoms with Gasteiger partial charge in [-0.1, -0.05) is 37.6 Å². The van der Waals surface area contributed by atoms with Crippen LogP contribution in [-0.4, -0.2) is 16.2 Å². The van der Waals surface area contributed by atoms with Crippen molar-refractivity contribution in [3.8, 4) is 11.4 Å². The number of benzene rings is 1. The van der Waals surface area contributed by atoms with Crippen molar-refractivity contribution < 1.29 is 0 Å². The van der Waals surface area contributed by atoms with E-state index in [2.05, 4.69) is 56.3 Å². The smallest absolute Gasteiger partial charge is 0.158 e. The second kappa shape index (κ2) is 5.91. The minimum atomic E-state index is 0.709. The van der Waals surface area contributed by atoms with Crippen LogP contribution in [-0.2, 0) is 0 Å². The Bertz CT molecular complexity index is 541. The molecular formula is C16H23N3. The molecule has 0 unspecified atom stereocenters. The summed E-state index contributed by atoms with van der Waals surface area (Å²) in [5.41, 5.74) is 7.15. The normalized spacial score (nSPS) is 11.0. The number of nitrogens with one attached hydrogen (secondary N) is 1. The maximum Gasteiger partial charge on any atom is 0.158 e. The van der Waals surface area contributed by atoms with Crippen molar-refractivity contribution in [2.24, 2.45) is 5.92 Å². The minimum absolute atomic E-state index is 0.709. The van der Waals surface area contributed by atoms with Crippen molar-refractivity contribution in [1.82, 2.24) is 9.66 Å². The molecule has 0 amide bonds. The van der Waals surface area contributed by atoms with E-state index in [4.69, 9.17) is 0 Å². The number of rotatable bonds is 5. The molecule has 3 heteroatoms. The summed E-state index contributed by atoms with van der Waals surface area (Å²) in [6.07, 6.45) is 4.98. The van der Waals surface area contributed by atoms with Gasteiger partial charge < -0.3 is 5.43 Å². The first-order valence-electron chi connectivity index (χ1n) is 6.93. The molecule has 0 radical (unpaired) electrons. The van der Waals surface area contributed by atoms with Gasteiger partial charge in [-0.2, -0.15) is 0 Å². The van der Waals surface area contributed by atoms with Gasteiger partial charge >= 0.3 is 0 Å². The fourth-order valence-corrected chi connectivity index (χ4v) is 2.17. The van der Waals surface area contributed by atoms with Gasteiger partial charge in [0.1, 0.15) is 0 Å². The first-order valence-corrected chi connectivity index (χ1v) is 6.93. The van der Waals surface area contributed by atoms with Gasteiger partial charge in [-0.3, -0.25) is 0 Å². The van der Waals surface area contributed by atoms with E-state index in [1.165, 1.54) is 16.7 Å². The van der Waals surface area contributed by atoms with Crippen molar-refractivity contribution in [3.05, 3.63) is 41.7 Å². The lowest BCUT2D eigenvalue weighted by atomic mass is 10.1. The van der Waals surface area contributed by atoms with Gasteiger partial charge in [0.25, 0.3) is 0 Å². The van der Waals surface area contributed by atoms with Crippen molar-refractivity contribution in [3.63, 3.8) is 0 Å². The van der Waals surface area contributed by atoms with Crippen molar-refractivity contribution >= 4 is 0 Å². The Morgan fingerprint density at radius 1 is 1.26 bits per heavy atom. The molecule has 0 aliphatic heterocycles. The molecule has 1 heterocycles. The minimum Gasteiger partial charge on any atom is -0.324 e. The Hall–Kier alpha value is -1.77. The molecule has 0 saturated heterocycles. The zero-order valence-electron chi connectivity index (χ0n) is 12.3. The average Bonchev–Trinajstić information content (AvgIpc) is 2.77. The van der Waals surface area contributed by atoms with E-state index in [0.29, 0.717) is 5.92 Å². The summed E-state index contributed by atoms with van der Waals surface area (Å²) in [5.74, 6) is 1.70. The van der Waals surface area contributed by atoms with Gasteiger partial charge in [0, 0.05) is 24.5 Å². The standard InChI is InChI=1S/C16H23N3/c1-12(2)7-8-18-19-10-9-17-16(19)15-6-5-13(3)11-14(15)4/h5-6,9-12,18H,7-8H2,1-4H3.